The van der Waals surface area contributed by atoms with E-state index in [4.69, 9.17) is 14.2 Å². The zero-order valence-corrected chi connectivity index (χ0v) is 32.8. The van der Waals surface area contributed by atoms with Crippen molar-refractivity contribution in [3.05, 3.63) is 81.4 Å². The summed E-state index contributed by atoms with van der Waals surface area (Å²) in [5.74, 6) is 2.23. The standard InChI is InChI=1S/C40H57IN2O5S/c1-4-6-8-10-12-15-30-47-39-28-21-34(32-40(39)48-31-16-13-11-9-7-5-2)38(18-14-17-29-46-36-24-22-35(41)23-25-36)42-43-49(44,45)37-26-19-33(3)20-27-37/h19-28,32,43H,4-18,29-31H2,1-3H3. The van der Waals surface area contributed by atoms with Gasteiger partial charge in [0.1, 0.15) is 5.75 Å². The molecular weight excluding hydrogens is 747 g/mol. The molecule has 0 unspecified atom stereocenters. The summed E-state index contributed by atoms with van der Waals surface area (Å²) in [7, 11) is -3.84. The van der Waals surface area contributed by atoms with Gasteiger partial charge in [-0.15, -0.1) is 0 Å². The Labute approximate surface area is 309 Å². The van der Waals surface area contributed by atoms with Gasteiger partial charge in [-0.1, -0.05) is 95.8 Å². The van der Waals surface area contributed by atoms with Gasteiger partial charge in [0.15, 0.2) is 11.5 Å². The van der Waals surface area contributed by atoms with Crippen LogP contribution in [0.3, 0.4) is 0 Å². The van der Waals surface area contributed by atoms with E-state index in [1.165, 1.54) is 51.4 Å². The second kappa shape index (κ2) is 23.6. The van der Waals surface area contributed by atoms with Crippen LogP contribution < -0.4 is 19.0 Å². The summed E-state index contributed by atoms with van der Waals surface area (Å²) < 4.78 is 46.0. The molecule has 0 saturated carbocycles. The molecule has 49 heavy (non-hydrogen) atoms. The molecule has 0 amide bonds. The van der Waals surface area contributed by atoms with E-state index in [0.717, 1.165) is 59.0 Å². The van der Waals surface area contributed by atoms with Gasteiger partial charge in [-0.3, -0.25) is 0 Å². The molecule has 0 aromatic heterocycles. The number of hydrogen-bond acceptors (Lipinski definition) is 6. The summed E-state index contributed by atoms with van der Waals surface area (Å²) in [5.41, 5.74) is 2.43. The van der Waals surface area contributed by atoms with E-state index in [1.54, 1.807) is 24.3 Å². The number of nitrogens with one attached hydrogen (secondary N) is 1. The number of aryl methyl sites for hydroxylation is 1. The van der Waals surface area contributed by atoms with Crippen LogP contribution in [0.2, 0.25) is 0 Å². The van der Waals surface area contributed by atoms with E-state index in [9.17, 15) is 8.42 Å². The molecular formula is C40H57IN2O5S. The van der Waals surface area contributed by atoms with Crippen molar-refractivity contribution in [3.63, 3.8) is 0 Å². The van der Waals surface area contributed by atoms with E-state index in [2.05, 4.69) is 46.4 Å². The summed E-state index contributed by atoms with van der Waals surface area (Å²) in [6.07, 6.45) is 16.3. The number of benzene rings is 3. The van der Waals surface area contributed by atoms with Crippen LogP contribution in [0.1, 0.15) is 121 Å². The highest BCUT2D eigenvalue weighted by Gasteiger charge is 2.16. The van der Waals surface area contributed by atoms with Crippen molar-refractivity contribution in [2.45, 2.75) is 122 Å². The van der Waals surface area contributed by atoms with E-state index >= 15 is 0 Å². The Balaban J connectivity index is 1.75. The summed E-state index contributed by atoms with van der Waals surface area (Å²) in [6, 6.07) is 20.6. The van der Waals surface area contributed by atoms with Crippen molar-refractivity contribution in [2.24, 2.45) is 5.10 Å². The molecule has 3 aromatic carbocycles. The second-order valence-corrected chi connectivity index (χ2v) is 15.5. The summed E-state index contributed by atoms with van der Waals surface area (Å²) >= 11 is 2.28. The van der Waals surface area contributed by atoms with E-state index in [0.29, 0.717) is 43.5 Å². The minimum Gasteiger partial charge on any atom is -0.494 e. The van der Waals surface area contributed by atoms with Crippen molar-refractivity contribution in [2.75, 3.05) is 19.8 Å². The molecule has 9 heteroatoms. The van der Waals surface area contributed by atoms with Crippen molar-refractivity contribution >= 4 is 38.3 Å². The normalized spacial score (nSPS) is 11.8. The second-order valence-electron chi connectivity index (χ2n) is 12.6. The first-order chi connectivity index (χ1) is 23.8. The fourth-order valence-corrected chi connectivity index (χ4v) is 6.50. The summed E-state index contributed by atoms with van der Waals surface area (Å²) in [6.45, 7) is 8.18. The molecule has 0 atom stereocenters. The SMILES string of the molecule is CCCCCCCCOc1ccc(C(CCCCOc2ccc(I)cc2)=NNS(=O)(=O)c2ccc(C)cc2)cc1OCCCCCCCC. The lowest BCUT2D eigenvalue weighted by molar-refractivity contribution is 0.258. The quantitative estimate of drug-likeness (QED) is 0.0378. The van der Waals surface area contributed by atoms with Crippen LogP contribution in [0.4, 0.5) is 0 Å². The molecule has 1 N–H and O–H groups in total. The number of rotatable bonds is 26. The molecule has 0 saturated heterocycles. The number of hydrogen-bond donors (Lipinski definition) is 1. The zero-order valence-electron chi connectivity index (χ0n) is 29.9. The van der Waals surface area contributed by atoms with Gasteiger partial charge < -0.3 is 14.2 Å². The van der Waals surface area contributed by atoms with Gasteiger partial charge in [0, 0.05) is 9.13 Å². The van der Waals surface area contributed by atoms with Crippen LogP contribution in [-0.2, 0) is 10.0 Å². The minimum atomic E-state index is -3.84. The number of halogens is 1. The molecule has 0 aliphatic heterocycles. The molecule has 0 aliphatic rings. The lowest BCUT2D eigenvalue weighted by Gasteiger charge is -2.16. The number of unbranched alkanes of at least 4 members (excludes halogenated alkanes) is 11. The lowest BCUT2D eigenvalue weighted by Crippen LogP contribution is -2.21. The fourth-order valence-electron chi connectivity index (χ4n) is 5.31. The topological polar surface area (TPSA) is 86.2 Å². The third kappa shape index (κ3) is 16.2. The number of nitrogens with zero attached hydrogens (tertiary/aromatic N) is 1. The highest BCUT2D eigenvalue weighted by molar-refractivity contribution is 14.1. The van der Waals surface area contributed by atoms with E-state index in [1.807, 2.05) is 49.4 Å². The van der Waals surface area contributed by atoms with Crippen molar-refractivity contribution in [1.29, 1.82) is 0 Å². The van der Waals surface area contributed by atoms with Crippen LogP contribution in [0.25, 0.3) is 0 Å². The van der Waals surface area contributed by atoms with Crippen LogP contribution in [0.5, 0.6) is 17.2 Å². The van der Waals surface area contributed by atoms with E-state index < -0.39 is 10.0 Å². The Bertz CT molecular complexity index is 1480. The van der Waals surface area contributed by atoms with Crippen LogP contribution >= 0.6 is 22.6 Å². The maximum absolute atomic E-state index is 13.2. The predicted molar refractivity (Wildman–Crippen MR) is 211 cm³/mol. The molecule has 3 rings (SSSR count). The molecule has 0 heterocycles. The average Bonchev–Trinajstić information content (AvgIpc) is 3.10. The first-order valence-corrected chi connectivity index (χ1v) is 20.8. The monoisotopic (exact) mass is 804 g/mol. The highest BCUT2D eigenvalue weighted by atomic mass is 127. The Morgan fingerprint density at radius 1 is 0.653 bits per heavy atom. The zero-order chi connectivity index (χ0) is 35.2. The van der Waals surface area contributed by atoms with Gasteiger partial charge in [0.25, 0.3) is 10.0 Å². The minimum absolute atomic E-state index is 0.175. The number of hydrazone groups is 1. The third-order valence-electron chi connectivity index (χ3n) is 8.31. The Morgan fingerprint density at radius 2 is 1.20 bits per heavy atom. The predicted octanol–water partition coefficient (Wildman–Crippen LogP) is 11.0. The molecule has 7 nitrogen and oxygen atoms in total. The van der Waals surface area contributed by atoms with Gasteiger partial charge in [-0.05, 0) is 116 Å². The Kier molecular flexibility index (Phi) is 19.6. The molecule has 0 aliphatic carbocycles. The largest absolute Gasteiger partial charge is 0.494 e. The maximum Gasteiger partial charge on any atom is 0.276 e. The number of sulfonamides is 1. The van der Waals surface area contributed by atoms with Crippen LogP contribution in [0, 0.1) is 10.5 Å². The molecule has 0 bridgehead atoms. The lowest BCUT2D eigenvalue weighted by atomic mass is 10.0. The van der Waals surface area contributed by atoms with Crippen LogP contribution in [0.15, 0.2) is 76.7 Å². The summed E-state index contributed by atoms with van der Waals surface area (Å²) in [4.78, 5) is 2.67. The third-order valence-corrected chi connectivity index (χ3v) is 10.3. The Hall–Kier alpha value is -2.79. The van der Waals surface area contributed by atoms with Crippen molar-refractivity contribution in [1.82, 2.24) is 4.83 Å². The first-order valence-electron chi connectivity index (χ1n) is 18.3. The summed E-state index contributed by atoms with van der Waals surface area (Å²) in [5, 5.41) is 4.49. The highest BCUT2D eigenvalue weighted by Crippen LogP contribution is 2.30. The van der Waals surface area contributed by atoms with Crippen molar-refractivity contribution in [3.8, 4) is 17.2 Å². The fraction of sp³-hybridized carbons (Fsp3) is 0.525. The van der Waals surface area contributed by atoms with Crippen molar-refractivity contribution < 1.29 is 22.6 Å². The average molecular weight is 805 g/mol. The maximum atomic E-state index is 13.2. The first kappa shape index (κ1) is 40.6. The number of ether oxygens (including phenoxy) is 3. The van der Waals surface area contributed by atoms with Gasteiger partial charge in [-0.2, -0.15) is 18.4 Å². The van der Waals surface area contributed by atoms with Gasteiger partial charge in [0.2, 0.25) is 0 Å². The van der Waals surface area contributed by atoms with Crippen LogP contribution in [-0.4, -0.2) is 34.0 Å². The van der Waals surface area contributed by atoms with Gasteiger partial charge in [-0.25, -0.2) is 0 Å². The molecule has 0 radical (unpaired) electrons. The molecule has 0 spiro atoms. The molecule has 0 fully saturated rings. The molecule has 270 valence electrons. The Morgan fingerprint density at radius 3 is 1.84 bits per heavy atom. The van der Waals surface area contributed by atoms with E-state index in [-0.39, 0.29) is 4.90 Å². The smallest absolute Gasteiger partial charge is 0.276 e. The van der Waals surface area contributed by atoms with Gasteiger partial charge in [0.05, 0.1) is 30.4 Å². The molecule has 3 aromatic rings. The van der Waals surface area contributed by atoms with Gasteiger partial charge >= 0.3 is 0 Å².